The van der Waals surface area contributed by atoms with Crippen LogP contribution in [-0.4, -0.2) is 34.5 Å². The predicted molar refractivity (Wildman–Crippen MR) is 72.5 cm³/mol. The van der Waals surface area contributed by atoms with E-state index in [9.17, 15) is 9.59 Å². The lowest BCUT2D eigenvalue weighted by atomic mass is 10.0. The number of hydrogen-bond donors (Lipinski definition) is 1. The van der Waals surface area contributed by atoms with Crippen LogP contribution < -0.4 is 0 Å². The highest BCUT2D eigenvalue weighted by atomic mass is 16.4. The van der Waals surface area contributed by atoms with Crippen molar-refractivity contribution in [1.29, 1.82) is 0 Å². The monoisotopic (exact) mass is 273 g/mol. The highest BCUT2D eigenvalue weighted by molar-refractivity contribution is 5.96. The molecule has 0 radical (unpaired) electrons. The summed E-state index contributed by atoms with van der Waals surface area (Å²) < 4.78 is 5.55. The van der Waals surface area contributed by atoms with Crippen molar-refractivity contribution in [1.82, 2.24) is 4.90 Å². The maximum Gasteiger partial charge on any atom is 0.308 e. The van der Waals surface area contributed by atoms with Crippen molar-refractivity contribution in [2.45, 2.75) is 19.4 Å². The molecule has 0 aliphatic carbocycles. The number of carbonyl (C=O) groups is 2. The number of amides is 1. The second-order valence-electron chi connectivity index (χ2n) is 5.12. The van der Waals surface area contributed by atoms with Crippen LogP contribution >= 0.6 is 0 Å². The van der Waals surface area contributed by atoms with Crippen LogP contribution in [0.15, 0.2) is 34.7 Å². The summed E-state index contributed by atoms with van der Waals surface area (Å²) in [5, 5.41) is 9.98. The zero-order valence-corrected chi connectivity index (χ0v) is 11.1. The van der Waals surface area contributed by atoms with E-state index in [0.29, 0.717) is 18.5 Å². The number of rotatable bonds is 2. The molecule has 1 aromatic carbocycles. The van der Waals surface area contributed by atoms with Gasteiger partial charge in [-0.25, -0.2) is 0 Å². The summed E-state index contributed by atoms with van der Waals surface area (Å²) in [5.41, 5.74) is 0.664. The third-order valence-corrected chi connectivity index (χ3v) is 3.97. The second kappa shape index (κ2) is 4.67. The summed E-state index contributed by atoms with van der Waals surface area (Å²) in [7, 11) is 0. The van der Waals surface area contributed by atoms with Gasteiger partial charge in [-0.05, 0) is 25.5 Å². The smallest absolute Gasteiger partial charge is 0.308 e. The molecule has 0 spiro atoms. The lowest BCUT2D eigenvalue weighted by Gasteiger charge is -2.22. The van der Waals surface area contributed by atoms with E-state index in [4.69, 9.17) is 9.52 Å². The number of likely N-dealkylation sites (tertiary alicyclic amines) is 1. The van der Waals surface area contributed by atoms with Gasteiger partial charge in [0.15, 0.2) is 5.76 Å². The zero-order valence-electron chi connectivity index (χ0n) is 11.1. The molecule has 1 fully saturated rings. The highest BCUT2D eigenvalue weighted by Crippen LogP contribution is 2.28. The average Bonchev–Trinajstić information content (AvgIpc) is 3.01. The Labute approximate surface area is 115 Å². The molecule has 2 heterocycles. The summed E-state index contributed by atoms with van der Waals surface area (Å²) in [6, 6.07) is 8.80. The van der Waals surface area contributed by atoms with Gasteiger partial charge in [-0.1, -0.05) is 18.2 Å². The van der Waals surface area contributed by atoms with Crippen LogP contribution in [0.3, 0.4) is 0 Å². The molecule has 2 atom stereocenters. The van der Waals surface area contributed by atoms with Gasteiger partial charge in [0.2, 0.25) is 0 Å². The number of aliphatic carboxylic acids is 1. The van der Waals surface area contributed by atoms with E-state index in [1.165, 1.54) is 0 Å². The maximum atomic E-state index is 12.4. The van der Waals surface area contributed by atoms with Crippen molar-refractivity contribution in [2.75, 3.05) is 6.54 Å². The average molecular weight is 273 g/mol. The number of benzene rings is 1. The number of furan rings is 1. The van der Waals surface area contributed by atoms with Crippen LogP contribution in [0.1, 0.15) is 23.9 Å². The Morgan fingerprint density at radius 2 is 2.10 bits per heavy atom. The van der Waals surface area contributed by atoms with Gasteiger partial charge in [0.25, 0.3) is 5.91 Å². The third kappa shape index (κ3) is 1.95. The number of carbonyl (C=O) groups excluding carboxylic acids is 1. The van der Waals surface area contributed by atoms with E-state index in [2.05, 4.69) is 0 Å². The second-order valence-corrected chi connectivity index (χ2v) is 5.12. The predicted octanol–water partition coefficient (Wildman–Crippen LogP) is 2.37. The first kappa shape index (κ1) is 12.7. The first-order valence-electron chi connectivity index (χ1n) is 6.60. The molecule has 1 aliphatic rings. The number of carboxylic acids is 1. The van der Waals surface area contributed by atoms with Crippen LogP contribution in [0.2, 0.25) is 0 Å². The van der Waals surface area contributed by atoms with Crippen molar-refractivity contribution < 1.29 is 19.1 Å². The molecule has 5 heteroatoms. The Morgan fingerprint density at radius 3 is 2.75 bits per heavy atom. The van der Waals surface area contributed by atoms with Crippen LogP contribution in [0.4, 0.5) is 0 Å². The number of carboxylic acid groups (broad SMARTS) is 1. The fourth-order valence-corrected chi connectivity index (χ4v) is 2.79. The molecule has 2 aromatic rings. The van der Waals surface area contributed by atoms with Gasteiger partial charge >= 0.3 is 5.97 Å². The van der Waals surface area contributed by atoms with E-state index >= 15 is 0 Å². The summed E-state index contributed by atoms with van der Waals surface area (Å²) in [6.45, 7) is 2.22. The first-order chi connectivity index (χ1) is 9.58. The van der Waals surface area contributed by atoms with E-state index in [-0.39, 0.29) is 17.7 Å². The number of fused-ring (bicyclic) bond motifs is 1. The van der Waals surface area contributed by atoms with Gasteiger partial charge in [-0.3, -0.25) is 9.59 Å². The first-order valence-corrected chi connectivity index (χ1v) is 6.60. The molecule has 1 N–H and O–H groups in total. The third-order valence-electron chi connectivity index (χ3n) is 3.97. The molecule has 1 aromatic heterocycles. The fourth-order valence-electron chi connectivity index (χ4n) is 2.79. The minimum atomic E-state index is -0.850. The van der Waals surface area contributed by atoms with Gasteiger partial charge in [0, 0.05) is 18.0 Å². The van der Waals surface area contributed by atoms with Crippen LogP contribution in [0.5, 0.6) is 0 Å². The summed E-state index contributed by atoms with van der Waals surface area (Å²) in [5.74, 6) is -1.32. The topological polar surface area (TPSA) is 70.8 Å². The van der Waals surface area contributed by atoms with E-state index < -0.39 is 11.9 Å². The standard InChI is InChI=1S/C15H15NO4/c1-9-11(15(18)19)6-7-16(9)14(17)13-8-10-4-2-3-5-12(10)20-13/h2-5,8-9,11H,6-7H2,1H3,(H,18,19). The van der Waals surface area contributed by atoms with Gasteiger partial charge in [-0.2, -0.15) is 0 Å². The van der Waals surface area contributed by atoms with E-state index in [0.717, 1.165) is 5.39 Å². The number of hydrogen-bond acceptors (Lipinski definition) is 3. The molecule has 0 saturated carbocycles. The lowest BCUT2D eigenvalue weighted by Crippen LogP contribution is -2.37. The Morgan fingerprint density at radius 1 is 1.35 bits per heavy atom. The zero-order chi connectivity index (χ0) is 14.3. The molecule has 2 unspecified atom stereocenters. The molecule has 0 bridgehead atoms. The summed E-state index contributed by atoms with van der Waals surface area (Å²) in [4.78, 5) is 25.1. The molecular formula is C15H15NO4. The van der Waals surface area contributed by atoms with Crippen molar-refractivity contribution in [2.24, 2.45) is 5.92 Å². The van der Waals surface area contributed by atoms with Gasteiger partial charge in [-0.15, -0.1) is 0 Å². The molecule has 5 nitrogen and oxygen atoms in total. The minimum absolute atomic E-state index is 0.238. The molecule has 3 rings (SSSR count). The molecule has 1 saturated heterocycles. The van der Waals surface area contributed by atoms with E-state index in [1.54, 1.807) is 24.0 Å². The number of para-hydroxylation sites is 1. The highest BCUT2D eigenvalue weighted by Gasteiger charge is 2.39. The quantitative estimate of drug-likeness (QED) is 0.911. The Kier molecular flexibility index (Phi) is 2.97. The van der Waals surface area contributed by atoms with Crippen molar-refractivity contribution >= 4 is 22.8 Å². The number of nitrogens with zero attached hydrogens (tertiary/aromatic N) is 1. The normalized spacial score (nSPS) is 22.4. The summed E-state index contributed by atoms with van der Waals surface area (Å²) >= 11 is 0. The molecule has 20 heavy (non-hydrogen) atoms. The molecule has 1 amide bonds. The Bertz CT molecular complexity index is 642. The minimum Gasteiger partial charge on any atom is -0.481 e. The van der Waals surface area contributed by atoms with Crippen LogP contribution in [0, 0.1) is 5.92 Å². The summed E-state index contributed by atoms with van der Waals surface area (Å²) in [6.07, 6.45) is 0.489. The lowest BCUT2D eigenvalue weighted by molar-refractivity contribution is -0.142. The van der Waals surface area contributed by atoms with Crippen molar-refractivity contribution in [3.05, 3.63) is 36.1 Å². The SMILES string of the molecule is CC1C(C(=O)O)CCN1C(=O)c1cc2ccccc2o1. The maximum absolute atomic E-state index is 12.4. The van der Waals surface area contributed by atoms with Crippen molar-refractivity contribution in [3.8, 4) is 0 Å². The van der Waals surface area contributed by atoms with Crippen molar-refractivity contribution in [3.63, 3.8) is 0 Å². The molecule has 104 valence electrons. The van der Waals surface area contributed by atoms with Crippen LogP contribution in [-0.2, 0) is 4.79 Å². The fraction of sp³-hybridized carbons (Fsp3) is 0.333. The van der Waals surface area contributed by atoms with E-state index in [1.807, 2.05) is 18.2 Å². The van der Waals surface area contributed by atoms with Gasteiger partial charge < -0.3 is 14.4 Å². The van der Waals surface area contributed by atoms with Crippen LogP contribution in [0.25, 0.3) is 11.0 Å². The largest absolute Gasteiger partial charge is 0.481 e. The van der Waals surface area contributed by atoms with Gasteiger partial charge in [0.1, 0.15) is 5.58 Å². The van der Waals surface area contributed by atoms with Gasteiger partial charge in [0.05, 0.1) is 5.92 Å². The molecule has 1 aliphatic heterocycles. The Balaban J connectivity index is 1.87. The Hall–Kier alpha value is -2.30. The molecular weight excluding hydrogens is 258 g/mol.